The van der Waals surface area contributed by atoms with Crippen LogP contribution < -0.4 is 20.8 Å². The first kappa shape index (κ1) is 22.2. The number of ether oxygens (including phenoxy) is 1. The molecule has 0 saturated carbocycles. The molecular formula is C21H18Cl2N4O4. The summed E-state index contributed by atoms with van der Waals surface area (Å²) in [6.45, 7) is 3.60. The Balaban J connectivity index is 2.02. The van der Waals surface area contributed by atoms with Crippen LogP contribution in [0, 0.1) is 0 Å². The molecule has 0 aliphatic rings. The van der Waals surface area contributed by atoms with Gasteiger partial charge in [0.1, 0.15) is 17.0 Å². The fraction of sp³-hybridized carbons (Fsp3) is 0.0952. The van der Waals surface area contributed by atoms with E-state index < -0.39 is 17.7 Å². The van der Waals surface area contributed by atoms with Crippen LogP contribution in [-0.4, -0.2) is 36.1 Å². The molecule has 3 aromatic rings. The number of rotatable bonds is 6. The lowest BCUT2D eigenvalue weighted by Gasteiger charge is -2.14. The molecule has 1 heterocycles. The summed E-state index contributed by atoms with van der Waals surface area (Å²) in [6.07, 6.45) is 1.44. The maximum absolute atomic E-state index is 13.0. The number of hydrogen-bond acceptors (Lipinski definition) is 4. The molecule has 0 bridgehead atoms. The number of amides is 3. The summed E-state index contributed by atoms with van der Waals surface area (Å²) in [5.41, 5.74) is 3.23. The Morgan fingerprint density at radius 3 is 2.58 bits per heavy atom. The van der Waals surface area contributed by atoms with Crippen LogP contribution in [0.4, 0.5) is 5.69 Å². The van der Waals surface area contributed by atoms with Crippen LogP contribution in [0.5, 0.6) is 5.75 Å². The first-order valence-corrected chi connectivity index (χ1v) is 9.76. The number of aromatic nitrogens is 1. The molecule has 0 aliphatic heterocycles. The molecule has 0 spiro atoms. The fourth-order valence-electron chi connectivity index (χ4n) is 2.85. The number of hydrogen-bond donors (Lipinski definition) is 3. The first-order valence-electron chi connectivity index (χ1n) is 9.00. The van der Waals surface area contributed by atoms with E-state index in [9.17, 15) is 14.4 Å². The minimum atomic E-state index is -0.969. The second kappa shape index (κ2) is 9.55. The SMILES string of the molecule is C=CCNC(=O)C(=O)Nn1c(C(=O)Nc2ccc(Cl)cc2Cl)cc2cccc(OC)c21. The van der Waals surface area contributed by atoms with Gasteiger partial charge in [-0.1, -0.05) is 41.4 Å². The molecule has 3 amide bonds. The lowest BCUT2D eigenvalue weighted by atomic mass is 10.2. The van der Waals surface area contributed by atoms with Gasteiger partial charge in [-0.15, -0.1) is 6.58 Å². The quantitative estimate of drug-likeness (QED) is 0.386. The molecule has 0 unspecified atom stereocenters. The van der Waals surface area contributed by atoms with Crippen LogP contribution in [0.1, 0.15) is 10.5 Å². The monoisotopic (exact) mass is 460 g/mol. The third-order valence-electron chi connectivity index (χ3n) is 4.25. The third-order valence-corrected chi connectivity index (χ3v) is 4.79. The maximum atomic E-state index is 13.0. The normalized spacial score (nSPS) is 10.4. The number of carbonyl (C=O) groups is 3. The smallest absolute Gasteiger partial charge is 0.328 e. The highest BCUT2D eigenvalue weighted by Gasteiger charge is 2.23. The average molecular weight is 461 g/mol. The Labute approximate surface area is 187 Å². The molecular weight excluding hydrogens is 443 g/mol. The van der Waals surface area contributed by atoms with Crippen molar-refractivity contribution in [3.05, 3.63) is 70.9 Å². The van der Waals surface area contributed by atoms with Gasteiger partial charge in [-0.05, 0) is 30.3 Å². The first-order chi connectivity index (χ1) is 14.8. The van der Waals surface area contributed by atoms with E-state index in [1.54, 1.807) is 36.4 Å². The molecule has 31 heavy (non-hydrogen) atoms. The zero-order valence-corrected chi connectivity index (χ0v) is 17.9. The molecule has 0 radical (unpaired) electrons. The zero-order chi connectivity index (χ0) is 22.5. The van der Waals surface area contributed by atoms with E-state index in [2.05, 4.69) is 22.6 Å². The van der Waals surface area contributed by atoms with Crippen molar-refractivity contribution in [2.75, 3.05) is 24.4 Å². The Kier molecular flexibility index (Phi) is 6.84. The number of benzene rings is 2. The predicted molar refractivity (Wildman–Crippen MR) is 120 cm³/mol. The molecule has 0 saturated heterocycles. The maximum Gasteiger partial charge on any atom is 0.328 e. The van der Waals surface area contributed by atoms with Gasteiger partial charge in [0.05, 0.1) is 17.8 Å². The van der Waals surface area contributed by atoms with Crippen LogP contribution >= 0.6 is 23.2 Å². The zero-order valence-electron chi connectivity index (χ0n) is 16.4. The van der Waals surface area contributed by atoms with Crippen molar-refractivity contribution in [2.45, 2.75) is 0 Å². The van der Waals surface area contributed by atoms with Crippen molar-refractivity contribution in [1.29, 1.82) is 0 Å². The lowest BCUT2D eigenvalue weighted by Crippen LogP contribution is -2.39. The summed E-state index contributed by atoms with van der Waals surface area (Å²) in [6, 6.07) is 11.3. The van der Waals surface area contributed by atoms with Crippen molar-refractivity contribution in [1.82, 2.24) is 9.99 Å². The average Bonchev–Trinajstić information content (AvgIpc) is 3.12. The van der Waals surface area contributed by atoms with Crippen LogP contribution in [0.2, 0.25) is 10.0 Å². The standard InChI is InChI=1S/C21H18Cl2N4O4/c1-3-9-24-20(29)21(30)26-27-16(10-12-5-4-6-17(31-2)18(12)27)19(28)25-15-8-7-13(22)11-14(15)23/h3-8,10-11H,1,9H2,2H3,(H,24,29)(H,25,28)(H,26,30). The Morgan fingerprint density at radius 2 is 1.90 bits per heavy atom. The number of nitrogens with zero attached hydrogens (tertiary/aromatic N) is 1. The van der Waals surface area contributed by atoms with E-state index in [0.29, 0.717) is 27.4 Å². The summed E-state index contributed by atoms with van der Waals surface area (Å²) in [5, 5.41) is 6.32. The number of para-hydroxylation sites is 1. The highest BCUT2D eigenvalue weighted by molar-refractivity contribution is 6.38. The van der Waals surface area contributed by atoms with Crippen molar-refractivity contribution < 1.29 is 19.1 Å². The number of carbonyl (C=O) groups excluding carboxylic acids is 3. The number of nitrogens with one attached hydrogen (secondary N) is 3. The molecule has 2 aromatic carbocycles. The van der Waals surface area contributed by atoms with Crippen LogP contribution in [0.3, 0.4) is 0 Å². The minimum absolute atomic E-state index is 0.0513. The van der Waals surface area contributed by atoms with E-state index in [-0.39, 0.29) is 17.3 Å². The van der Waals surface area contributed by atoms with E-state index in [0.717, 1.165) is 0 Å². The Bertz CT molecular complexity index is 1190. The summed E-state index contributed by atoms with van der Waals surface area (Å²) in [5.74, 6) is -2.03. The predicted octanol–water partition coefficient (Wildman–Crippen LogP) is 3.58. The third kappa shape index (κ3) is 4.82. The molecule has 0 atom stereocenters. The van der Waals surface area contributed by atoms with Crippen molar-refractivity contribution in [3.63, 3.8) is 0 Å². The van der Waals surface area contributed by atoms with Crippen LogP contribution in [0.25, 0.3) is 10.9 Å². The van der Waals surface area contributed by atoms with Gasteiger partial charge in [-0.3, -0.25) is 19.8 Å². The van der Waals surface area contributed by atoms with E-state index in [1.807, 2.05) is 0 Å². The number of methoxy groups -OCH3 is 1. The summed E-state index contributed by atoms with van der Waals surface area (Å²) in [4.78, 5) is 37.5. The van der Waals surface area contributed by atoms with Crippen molar-refractivity contribution in [3.8, 4) is 5.75 Å². The summed E-state index contributed by atoms with van der Waals surface area (Å²) >= 11 is 12.0. The van der Waals surface area contributed by atoms with Gasteiger partial charge < -0.3 is 15.4 Å². The second-order valence-electron chi connectivity index (χ2n) is 6.28. The van der Waals surface area contributed by atoms with Gasteiger partial charge in [-0.2, -0.15) is 0 Å². The largest absolute Gasteiger partial charge is 0.494 e. The van der Waals surface area contributed by atoms with E-state index in [4.69, 9.17) is 27.9 Å². The summed E-state index contributed by atoms with van der Waals surface area (Å²) < 4.78 is 6.56. The molecule has 1 aromatic heterocycles. The molecule has 3 N–H and O–H groups in total. The Hall–Kier alpha value is -3.49. The van der Waals surface area contributed by atoms with Crippen LogP contribution in [-0.2, 0) is 9.59 Å². The number of anilines is 1. The fourth-order valence-corrected chi connectivity index (χ4v) is 3.31. The molecule has 8 nitrogen and oxygen atoms in total. The molecule has 160 valence electrons. The molecule has 0 aliphatic carbocycles. The lowest BCUT2D eigenvalue weighted by molar-refractivity contribution is -0.136. The number of halogens is 2. The topological polar surface area (TPSA) is 101 Å². The van der Waals surface area contributed by atoms with Gasteiger partial charge in [0.25, 0.3) is 5.91 Å². The van der Waals surface area contributed by atoms with E-state index in [1.165, 1.54) is 23.9 Å². The van der Waals surface area contributed by atoms with Gasteiger partial charge in [0.2, 0.25) is 0 Å². The van der Waals surface area contributed by atoms with E-state index >= 15 is 0 Å². The number of fused-ring (bicyclic) bond motifs is 1. The van der Waals surface area contributed by atoms with Gasteiger partial charge in [0.15, 0.2) is 0 Å². The van der Waals surface area contributed by atoms with Crippen molar-refractivity contribution >= 4 is 57.5 Å². The highest BCUT2D eigenvalue weighted by Crippen LogP contribution is 2.30. The minimum Gasteiger partial charge on any atom is -0.494 e. The van der Waals surface area contributed by atoms with Crippen molar-refractivity contribution in [2.24, 2.45) is 0 Å². The molecule has 10 heteroatoms. The highest BCUT2D eigenvalue weighted by atomic mass is 35.5. The second-order valence-corrected chi connectivity index (χ2v) is 7.12. The Morgan fingerprint density at radius 1 is 1.13 bits per heavy atom. The van der Waals surface area contributed by atoms with Gasteiger partial charge in [0, 0.05) is 17.0 Å². The van der Waals surface area contributed by atoms with Gasteiger partial charge >= 0.3 is 11.8 Å². The molecule has 3 rings (SSSR count). The molecule has 0 fully saturated rings. The van der Waals surface area contributed by atoms with Crippen LogP contribution in [0.15, 0.2) is 55.1 Å². The summed E-state index contributed by atoms with van der Waals surface area (Å²) in [7, 11) is 1.46. The van der Waals surface area contributed by atoms with Gasteiger partial charge in [-0.25, -0.2) is 4.68 Å².